The van der Waals surface area contributed by atoms with Gasteiger partial charge >= 0.3 is 17.2 Å². The summed E-state index contributed by atoms with van der Waals surface area (Å²) in [5, 5.41) is 24.4. The van der Waals surface area contributed by atoms with Crippen molar-refractivity contribution in [2.24, 2.45) is 5.41 Å². The van der Waals surface area contributed by atoms with E-state index in [1.54, 1.807) is 20.8 Å². The molecule has 0 radical (unpaired) electrons. The Kier molecular flexibility index (Phi) is 4.42. The smallest absolute Gasteiger partial charge is 0.349 e. The van der Waals surface area contributed by atoms with Gasteiger partial charge in [0, 0.05) is 0 Å². The van der Waals surface area contributed by atoms with Crippen LogP contribution < -0.4 is 14.2 Å². The summed E-state index contributed by atoms with van der Waals surface area (Å²) in [7, 11) is 4.28. The van der Waals surface area contributed by atoms with Gasteiger partial charge in [-0.1, -0.05) is 0 Å². The van der Waals surface area contributed by atoms with E-state index in [0.29, 0.717) is 5.75 Å². The SMILES string of the molecule is COc1cc(C2=[N+]([O-])[N+]([O-])=C(C(C)(C)C)C2=O)cc(OC)c1OC. The lowest BCUT2D eigenvalue weighted by Gasteiger charge is -2.13. The molecule has 8 nitrogen and oxygen atoms in total. The monoisotopic (exact) mass is 336 g/mol. The number of Topliss-reactive ketones (excluding diaryl/α,β-unsaturated/α-hetero) is 1. The largest absolute Gasteiger partial charge is 0.561 e. The van der Waals surface area contributed by atoms with Crippen molar-refractivity contribution in [1.82, 2.24) is 0 Å². The number of ether oxygens (including phenoxy) is 3. The number of nitrogens with zero attached hydrogens (tertiary/aromatic N) is 2. The maximum atomic E-state index is 12.7. The highest BCUT2D eigenvalue weighted by atomic mass is 16.7. The molecule has 1 heterocycles. The first-order chi connectivity index (χ1) is 11.2. The van der Waals surface area contributed by atoms with Crippen molar-refractivity contribution in [3.05, 3.63) is 28.1 Å². The van der Waals surface area contributed by atoms with Gasteiger partial charge in [-0.05, 0) is 32.9 Å². The van der Waals surface area contributed by atoms with Crippen molar-refractivity contribution < 1.29 is 28.7 Å². The third-order valence-corrected chi connectivity index (χ3v) is 3.63. The zero-order valence-corrected chi connectivity index (χ0v) is 14.5. The van der Waals surface area contributed by atoms with Crippen molar-refractivity contribution in [2.45, 2.75) is 20.8 Å². The quantitative estimate of drug-likeness (QED) is 0.611. The summed E-state index contributed by atoms with van der Waals surface area (Å²) in [5.74, 6) is 0.262. The van der Waals surface area contributed by atoms with Crippen LogP contribution in [-0.4, -0.2) is 48.2 Å². The van der Waals surface area contributed by atoms with E-state index in [0.717, 1.165) is 0 Å². The number of hydrazone groups is 2. The summed E-state index contributed by atoms with van der Waals surface area (Å²) >= 11 is 0. The Morgan fingerprint density at radius 1 is 0.917 bits per heavy atom. The zero-order valence-electron chi connectivity index (χ0n) is 14.5. The summed E-state index contributed by atoms with van der Waals surface area (Å²) < 4.78 is 15.7. The van der Waals surface area contributed by atoms with E-state index in [1.165, 1.54) is 33.5 Å². The van der Waals surface area contributed by atoms with E-state index in [1.807, 2.05) is 0 Å². The summed E-state index contributed by atoms with van der Waals surface area (Å²) in [5.41, 5.74) is -0.968. The minimum atomic E-state index is -0.774. The van der Waals surface area contributed by atoms with E-state index in [9.17, 15) is 15.2 Å². The van der Waals surface area contributed by atoms with Gasteiger partial charge in [0.1, 0.15) is 0 Å². The third-order valence-electron chi connectivity index (χ3n) is 3.63. The third kappa shape index (κ3) is 2.64. The van der Waals surface area contributed by atoms with Crippen LogP contribution in [0.3, 0.4) is 0 Å². The fraction of sp³-hybridized carbons (Fsp3) is 0.438. The minimum absolute atomic E-state index is 0.0452. The van der Waals surface area contributed by atoms with Gasteiger partial charge in [-0.3, -0.25) is 4.79 Å². The average molecular weight is 336 g/mol. The Morgan fingerprint density at radius 2 is 1.42 bits per heavy atom. The van der Waals surface area contributed by atoms with E-state index < -0.39 is 11.2 Å². The van der Waals surface area contributed by atoms with Gasteiger partial charge < -0.3 is 24.6 Å². The molecule has 1 aromatic rings. The molecule has 0 unspecified atom stereocenters. The second-order valence-electron chi connectivity index (χ2n) is 6.24. The first kappa shape index (κ1) is 17.6. The molecule has 0 N–H and O–H groups in total. The molecule has 0 fully saturated rings. The number of rotatable bonds is 4. The molecule has 0 atom stereocenters. The lowest BCUT2D eigenvalue weighted by molar-refractivity contribution is -1.05. The predicted octanol–water partition coefficient (Wildman–Crippen LogP) is 1.51. The second kappa shape index (κ2) is 6.03. The first-order valence-electron chi connectivity index (χ1n) is 7.21. The normalized spacial score (nSPS) is 15.2. The molecule has 0 spiro atoms. The summed E-state index contributed by atoms with van der Waals surface area (Å²) in [6.45, 7) is 5.07. The predicted molar refractivity (Wildman–Crippen MR) is 86.9 cm³/mol. The number of hydrazine groups is 1. The fourth-order valence-corrected chi connectivity index (χ4v) is 2.55. The first-order valence-corrected chi connectivity index (χ1v) is 7.21. The highest BCUT2D eigenvalue weighted by Crippen LogP contribution is 2.38. The van der Waals surface area contributed by atoms with Crippen LogP contribution in [0.4, 0.5) is 0 Å². The number of benzene rings is 1. The summed E-state index contributed by atoms with van der Waals surface area (Å²) in [6.07, 6.45) is 0. The number of methoxy groups -OCH3 is 3. The van der Waals surface area contributed by atoms with E-state index in [2.05, 4.69) is 0 Å². The average Bonchev–Trinajstić information content (AvgIpc) is 2.75. The maximum absolute atomic E-state index is 12.7. The molecule has 1 aliphatic heterocycles. The molecule has 0 aliphatic carbocycles. The number of carbonyl (C=O) groups excluding carboxylic acids is 1. The van der Waals surface area contributed by atoms with Gasteiger partial charge in [0.05, 0.1) is 42.0 Å². The van der Waals surface area contributed by atoms with Crippen LogP contribution in [-0.2, 0) is 4.79 Å². The standard InChI is InChI=1S/C16H20N2O6/c1-16(2,3)15-13(19)12(17(20)18(15)21)9-7-10(22-4)14(24-6)11(8-9)23-5/h7-8H,1-6H3. The Bertz CT molecular complexity index is 733. The van der Waals surface area contributed by atoms with E-state index >= 15 is 0 Å². The molecule has 0 aromatic heterocycles. The van der Waals surface area contributed by atoms with Gasteiger partial charge in [0.2, 0.25) is 5.75 Å². The van der Waals surface area contributed by atoms with Gasteiger partial charge in [-0.15, -0.1) is 0 Å². The molecule has 130 valence electrons. The lowest BCUT2D eigenvalue weighted by atomic mass is 9.85. The maximum Gasteiger partial charge on any atom is 0.349 e. The molecule has 1 aliphatic rings. The molecule has 0 saturated heterocycles. The number of ketones is 1. The van der Waals surface area contributed by atoms with Crippen LogP contribution in [0.5, 0.6) is 17.2 Å². The van der Waals surface area contributed by atoms with Crippen molar-refractivity contribution in [3.63, 3.8) is 0 Å². The van der Waals surface area contributed by atoms with Crippen LogP contribution >= 0.6 is 0 Å². The highest BCUT2D eigenvalue weighted by Gasteiger charge is 2.51. The molecular weight excluding hydrogens is 316 g/mol. The molecule has 8 heteroatoms. The van der Waals surface area contributed by atoms with Crippen LogP contribution in [0, 0.1) is 15.8 Å². The molecule has 0 saturated carbocycles. The topological polar surface area (TPSA) is 96.9 Å². The fourth-order valence-electron chi connectivity index (χ4n) is 2.55. The number of carbonyl (C=O) groups is 1. The van der Waals surface area contributed by atoms with E-state index in [4.69, 9.17) is 14.2 Å². The van der Waals surface area contributed by atoms with Gasteiger partial charge in [-0.2, -0.15) is 0 Å². The second-order valence-corrected chi connectivity index (χ2v) is 6.24. The van der Waals surface area contributed by atoms with Crippen molar-refractivity contribution in [3.8, 4) is 17.2 Å². The van der Waals surface area contributed by atoms with Gasteiger partial charge in [0.25, 0.3) is 0 Å². The van der Waals surface area contributed by atoms with Gasteiger partial charge in [0.15, 0.2) is 11.5 Å². The molecule has 1 aromatic carbocycles. The Balaban J connectivity index is 2.65. The Hall–Kier alpha value is -2.77. The molecule has 2 rings (SSSR count). The number of hydrogen-bond donors (Lipinski definition) is 0. The minimum Gasteiger partial charge on any atom is -0.561 e. The summed E-state index contributed by atoms with van der Waals surface area (Å²) in [4.78, 5) is 12.8. The van der Waals surface area contributed by atoms with Crippen molar-refractivity contribution >= 4 is 17.2 Å². The van der Waals surface area contributed by atoms with Gasteiger partial charge in [-0.25, -0.2) is 0 Å². The van der Waals surface area contributed by atoms with Crippen LogP contribution in [0.2, 0.25) is 0 Å². The van der Waals surface area contributed by atoms with Crippen LogP contribution in [0.25, 0.3) is 0 Å². The Morgan fingerprint density at radius 3 is 1.75 bits per heavy atom. The summed E-state index contributed by atoms with van der Waals surface area (Å²) in [6, 6.07) is 2.91. The van der Waals surface area contributed by atoms with Crippen LogP contribution in [0.1, 0.15) is 26.3 Å². The number of hydrogen-bond acceptors (Lipinski definition) is 6. The molecule has 0 bridgehead atoms. The zero-order chi connectivity index (χ0) is 18.2. The van der Waals surface area contributed by atoms with Crippen LogP contribution in [0.15, 0.2) is 12.1 Å². The lowest BCUT2D eigenvalue weighted by Crippen LogP contribution is -2.34. The Labute approximate surface area is 139 Å². The van der Waals surface area contributed by atoms with Crippen molar-refractivity contribution in [2.75, 3.05) is 21.3 Å². The molecule has 24 heavy (non-hydrogen) atoms. The molecule has 0 amide bonds. The van der Waals surface area contributed by atoms with Crippen molar-refractivity contribution in [1.29, 1.82) is 0 Å². The molecular formula is C16H20N2O6. The highest BCUT2D eigenvalue weighted by molar-refractivity contribution is 6.68. The van der Waals surface area contributed by atoms with E-state index in [-0.39, 0.29) is 38.2 Å².